The van der Waals surface area contributed by atoms with E-state index in [0.29, 0.717) is 19.0 Å². The van der Waals surface area contributed by atoms with E-state index >= 15 is 0 Å². The fourth-order valence-corrected chi connectivity index (χ4v) is 3.21. The summed E-state index contributed by atoms with van der Waals surface area (Å²) in [4.78, 5) is 0. The third-order valence-electron chi connectivity index (χ3n) is 4.63. The number of nitrogens with zero attached hydrogens (tertiary/aromatic N) is 5. The van der Waals surface area contributed by atoms with Crippen molar-refractivity contribution >= 4 is 5.65 Å². The van der Waals surface area contributed by atoms with Gasteiger partial charge in [0.25, 0.3) is 0 Å². The summed E-state index contributed by atoms with van der Waals surface area (Å²) < 4.78 is 3.90. The lowest BCUT2D eigenvalue weighted by Gasteiger charge is -2.21. The molecule has 0 aliphatic heterocycles. The van der Waals surface area contributed by atoms with Crippen LogP contribution in [0.25, 0.3) is 5.65 Å². The largest absolute Gasteiger partial charge is 0.394 e. The average Bonchev–Trinajstić information content (AvgIpc) is 3.11. The maximum atomic E-state index is 9.17. The molecule has 1 atom stereocenters. The predicted molar refractivity (Wildman–Crippen MR) is 96.2 cm³/mol. The summed E-state index contributed by atoms with van der Waals surface area (Å²) in [6.45, 7) is 9.73. The van der Waals surface area contributed by atoms with Gasteiger partial charge in [0, 0.05) is 24.0 Å². The fraction of sp³-hybridized carbons (Fsp3) is 0.500. The lowest BCUT2D eigenvalue weighted by Crippen LogP contribution is -2.27. The molecule has 3 aromatic rings. The van der Waals surface area contributed by atoms with E-state index in [1.807, 2.05) is 47.3 Å². The number of hydrogen-bond donors (Lipinski definition) is 2. The van der Waals surface area contributed by atoms with Crippen LogP contribution in [0.5, 0.6) is 0 Å². The van der Waals surface area contributed by atoms with Crippen LogP contribution in [0.3, 0.4) is 0 Å². The van der Waals surface area contributed by atoms with E-state index in [2.05, 4.69) is 34.5 Å². The lowest BCUT2D eigenvalue weighted by molar-refractivity contribution is 0.267. The molecular weight excluding hydrogens is 316 g/mol. The number of hydrogen-bond acceptors (Lipinski definition) is 5. The van der Waals surface area contributed by atoms with Gasteiger partial charge in [-0.15, -0.1) is 10.2 Å². The van der Waals surface area contributed by atoms with Gasteiger partial charge in [-0.2, -0.15) is 5.10 Å². The lowest BCUT2D eigenvalue weighted by atomic mass is 10.0. The van der Waals surface area contributed by atoms with Gasteiger partial charge in [-0.25, -0.2) is 0 Å². The Morgan fingerprint density at radius 2 is 2.00 bits per heavy atom. The van der Waals surface area contributed by atoms with Crippen molar-refractivity contribution < 1.29 is 5.11 Å². The molecule has 7 nitrogen and oxygen atoms in total. The Hall–Kier alpha value is -2.25. The highest BCUT2D eigenvalue weighted by Crippen LogP contribution is 2.22. The van der Waals surface area contributed by atoms with Gasteiger partial charge in [-0.1, -0.05) is 19.9 Å². The van der Waals surface area contributed by atoms with Crippen molar-refractivity contribution in [3.63, 3.8) is 0 Å². The van der Waals surface area contributed by atoms with Crippen LogP contribution in [0.4, 0.5) is 0 Å². The quantitative estimate of drug-likeness (QED) is 0.687. The highest BCUT2D eigenvalue weighted by molar-refractivity contribution is 5.37. The minimum atomic E-state index is 0.0809. The van der Waals surface area contributed by atoms with Crippen LogP contribution in [0.2, 0.25) is 0 Å². The van der Waals surface area contributed by atoms with Crippen molar-refractivity contribution in [2.45, 2.75) is 46.8 Å². The third-order valence-corrected chi connectivity index (χ3v) is 4.63. The van der Waals surface area contributed by atoms with E-state index < -0.39 is 0 Å². The summed E-state index contributed by atoms with van der Waals surface area (Å²) in [7, 11) is 0. The molecule has 1 unspecified atom stereocenters. The molecule has 0 radical (unpaired) electrons. The monoisotopic (exact) mass is 342 g/mol. The standard InChI is InChI=1S/C18H26N6O/c1-12(2)17(18-21-20-16-7-5-6-8-23(16)18)19-11-15-13(3)22-24(9-10-25)14(15)4/h5-8,12,17,19,25H,9-11H2,1-4H3. The van der Waals surface area contributed by atoms with Crippen LogP contribution in [-0.4, -0.2) is 36.1 Å². The summed E-state index contributed by atoms with van der Waals surface area (Å²) in [5.41, 5.74) is 4.11. The van der Waals surface area contributed by atoms with Gasteiger partial charge < -0.3 is 10.4 Å². The van der Waals surface area contributed by atoms with E-state index in [4.69, 9.17) is 5.11 Å². The van der Waals surface area contributed by atoms with Gasteiger partial charge in [0.05, 0.1) is 24.9 Å². The van der Waals surface area contributed by atoms with Crippen molar-refractivity contribution in [3.8, 4) is 0 Å². The highest BCUT2D eigenvalue weighted by atomic mass is 16.3. The van der Waals surface area contributed by atoms with Crippen molar-refractivity contribution in [1.29, 1.82) is 0 Å². The molecule has 0 saturated carbocycles. The first-order chi connectivity index (χ1) is 12.0. The van der Waals surface area contributed by atoms with E-state index in [1.165, 1.54) is 5.56 Å². The number of fused-ring (bicyclic) bond motifs is 1. The Bertz CT molecular complexity index is 850. The molecular formula is C18H26N6O. The Kier molecular flexibility index (Phi) is 5.15. The van der Waals surface area contributed by atoms with E-state index in [1.54, 1.807) is 0 Å². The molecule has 2 N–H and O–H groups in total. The Morgan fingerprint density at radius 1 is 1.20 bits per heavy atom. The normalized spacial score (nSPS) is 13.0. The number of pyridine rings is 1. The Labute approximate surface area is 147 Å². The molecule has 3 rings (SSSR count). The number of rotatable bonds is 7. The van der Waals surface area contributed by atoms with Crippen LogP contribution in [0.15, 0.2) is 24.4 Å². The minimum Gasteiger partial charge on any atom is -0.394 e. The number of nitrogens with one attached hydrogen (secondary N) is 1. The summed E-state index contributed by atoms with van der Waals surface area (Å²) in [6, 6.07) is 6.00. The topological polar surface area (TPSA) is 80.3 Å². The van der Waals surface area contributed by atoms with Gasteiger partial charge in [0.15, 0.2) is 11.5 Å². The maximum Gasteiger partial charge on any atom is 0.160 e. The van der Waals surface area contributed by atoms with E-state index in [0.717, 1.165) is 22.9 Å². The molecule has 134 valence electrons. The van der Waals surface area contributed by atoms with Crippen molar-refractivity contribution in [2.24, 2.45) is 5.92 Å². The molecule has 7 heteroatoms. The summed E-state index contributed by atoms with van der Waals surface area (Å²) in [5, 5.41) is 26.0. The average molecular weight is 342 g/mol. The van der Waals surface area contributed by atoms with Gasteiger partial charge in [0.1, 0.15) is 0 Å². The molecule has 0 spiro atoms. The molecule has 0 aliphatic carbocycles. The van der Waals surface area contributed by atoms with Crippen LogP contribution in [-0.2, 0) is 13.1 Å². The van der Waals surface area contributed by atoms with Crippen LogP contribution >= 0.6 is 0 Å². The summed E-state index contributed by atoms with van der Waals surface area (Å²) in [5.74, 6) is 1.28. The highest BCUT2D eigenvalue weighted by Gasteiger charge is 2.22. The van der Waals surface area contributed by atoms with Gasteiger partial charge in [-0.05, 0) is 31.9 Å². The predicted octanol–water partition coefficient (Wildman–Crippen LogP) is 2.02. The molecule has 0 aliphatic rings. The van der Waals surface area contributed by atoms with Crippen LogP contribution in [0, 0.1) is 19.8 Å². The summed E-state index contributed by atoms with van der Waals surface area (Å²) >= 11 is 0. The zero-order chi connectivity index (χ0) is 18.0. The molecule has 0 amide bonds. The minimum absolute atomic E-state index is 0.0809. The molecule has 0 bridgehead atoms. The van der Waals surface area contributed by atoms with Gasteiger partial charge >= 0.3 is 0 Å². The Balaban J connectivity index is 1.84. The van der Waals surface area contributed by atoms with Gasteiger partial charge in [0.2, 0.25) is 0 Å². The first-order valence-corrected chi connectivity index (χ1v) is 8.69. The first kappa shape index (κ1) is 17.6. The van der Waals surface area contributed by atoms with E-state index in [-0.39, 0.29) is 12.6 Å². The third kappa shape index (κ3) is 3.43. The second kappa shape index (κ2) is 7.33. The fourth-order valence-electron chi connectivity index (χ4n) is 3.21. The first-order valence-electron chi connectivity index (χ1n) is 8.69. The molecule has 3 aromatic heterocycles. The second-order valence-corrected chi connectivity index (χ2v) is 6.69. The zero-order valence-corrected chi connectivity index (χ0v) is 15.3. The van der Waals surface area contributed by atoms with Crippen LogP contribution < -0.4 is 5.32 Å². The molecule has 0 aromatic carbocycles. The number of aryl methyl sites for hydroxylation is 1. The molecule has 25 heavy (non-hydrogen) atoms. The smallest absolute Gasteiger partial charge is 0.160 e. The van der Waals surface area contributed by atoms with Crippen molar-refractivity contribution in [2.75, 3.05) is 6.61 Å². The zero-order valence-electron chi connectivity index (χ0n) is 15.3. The molecule has 3 heterocycles. The molecule has 0 saturated heterocycles. The number of aromatic nitrogens is 5. The summed E-state index contributed by atoms with van der Waals surface area (Å²) in [6.07, 6.45) is 2.00. The molecule has 0 fully saturated rings. The van der Waals surface area contributed by atoms with Gasteiger partial charge in [-0.3, -0.25) is 9.08 Å². The van der Waals surface area contributed by atoms with Crippen LogP contribution in [0.1, 0.15) is 42.7 Å². The van der Waals surface area contributed by atoms with Crippen molar-refractivity contribution in [3.05, 3.63) is 47.2 Å². The maximum absolute atomic E-state index is 9.17. The number of aliphatic hydroxyl groups excluding tert-OH is 1. The number of aliphatic hydroxyl groups is 1. The second-order valence-electron chi connectivity index (χ2n) is 6.69. The van der Waals surface area contributed by atoms with Crippen molar-refractivity contribution in [1.82, 2.24) is 29.7 Å². The van der Waals surface area contributed by atoms with E-state index in [9.17, 15) is 0 Å². The Morgan fingerprint density at radius 3 is 2.72 bits per heavy atom. The SMILES string of the molecule is Cc1nn(CCO)c(C)c1CNC(c1nnc2ccccn12)C(C)C.